The lowest BCUT2D eigenvalue weighted by molar-refractivity contribution is -0.126. The van der Waals surface area contributed by atoms with E-state index in [0.717, 1.165) is 11.1 Å². The molecular formula is C12H17N3O3. The molecule has 0 aliphatic heterocycles. The number of primary amides is 1. The minimum Gasteiger partial charge on any atom is -0.481 e. The molecule has 18 heavy (non-hydrogen) atoms. The van der Waals surface area contributed by atoms with Crippen LogP contribution in [0.4, 0.5) is 4.79 Å². The first-order chi connectivity index (χ1) is 8.43. The number of nitrogens with one attached hydrogen (secondary N) is 1. The number of nitrogens with two attached hydrogens (primary N) is 2. The maximum Gasteiger partial charge on any atom is 0.318 e. The molecule has 0 saturated heterocycles. The number of rotatable bonds is 4. The van der Waals surface area contributed by atoms with Crippen molar-refractivity contribution >= 4 is 11.9 Å². The summed E-state index contributed by atoms with van der Waals surface area (Å²) >= 11 is 0. The van der Waals surface area contributed by atoms with Crippen LogP contribution in [0.15, 0.2) is 18.2 Å². The van der Waals surface area contributed by atoms with E-state index >= 15 is 0 Å². The number of imide groups is 1. The molecule has 98 valence electrons. The molecule has 0 aliphatic carbocycles. The van der Waals surface area contributed by atoms with Crippen molar-refractivity contribution in [3.8, 4) is 5.75 Å². The van der Waals surface area contributed by atoms with Crippen molar-refractivity contribution in [3.05, 3.63) is 29.3 Å². The number of ether oxygens (including phenoxy) is 1. The molecular weight excluding hydrogens is 234 g/mol. The van der Waals surface area contributed by atoms with Crippen LogP contribution in [-0.2, 0) is 11.3 Å². The molecule has 1 unspecified atom stereocenters. The molecule has 0 heterocycles. The van der Waals surface area contributed by atoms with Crippen molar-refractivity contribution in [2.24, 2.45) is 11.5 Å². The van der Waals surface area contributed by atoms with Gasteiger partial charge >= 0.3 is 6.03 Å². The summed E-state index contributed by atoms with van der Waals surface area (Å²) in [7, 11) is 0. The van der Waals surface area contributed by atoms with E-state index in [4.69, 9.17) is 16.2 Å². The highest BCUT2D eigenvalue weighted by Gasteiger charge is 2.17. The second kappa shape index (κ2) is 6.02. The Balaban J connectivity index is 2.78. The van der Waals surface area contributed by atoms with Crippen molar-refractivity contribution in [1.29, 1.82) is 0 Å². The fraction of sp³-hybridized carbons (Fsp3) is 0.333. The van der Waals surface area contributed by atoms with Gasteiger partial charge in [0, 0.05) is 12.1 Å². The van der Waals surface area contributed by atoms with Crippen LogP contribution in [0, 0.1) is 6.92 Å². The highest BCUT2D eigenvalue weighted by atomic mass is 16.5. The maximum atomic E-state index is 11.5. The van der Waals surface area contributed by atoms with E-state index in [2.05, 4.69) is 0 Å². The van der Waals surface area contributed by atoms with E-state index in [1.54, 1.807) is 6.07 Å². The van der Waals surface area contributed by atoms with Gasteiger partial charge in [0.25, 0.3) is 5.91 Å². The molecule has 1 aromatic carbocycles. The summed E-state index contributed by atoms with van der Waals surface area (Å²) < 4.78 is 5.45. The third-order valence-corrected chi connectivity index (χ3v) is 2.36. The van der Waals surface area contributed by atoms with Crippen LogP contribution in [0.5, 0.6) is 5.75 Å². The first-order valence-corrected chi connectivity index (χ1v) is 5.50. The van der Waals surface area contributed by atoms with Crippen LogP contribution in [-0.4, -0.2) is 18.0 Å². The summed E-state index contributed by atoms with van der Waals surface area (Å²) in [6, 6.07) is 4.57. The first-order valence-electron chi connectivity index (χ1n) is 5.50. The lowest BCUT2D eigenvalue weighted by Gasteiger charge is -2.16. The maximum absolute atomic E-state index is 11.5. The fourth-order valence-electron chi connectivity index (χ4n) is 1.45. The number of hydrogen-bond donors (Lipinski definition) is 3. The summed E-state index contributed by atoms with van der Waals surface area (Å²) in [5.74, 6) is -0.0683. The van der Waals surface area contributed by atoms with Crippen molar-refractivity contribution in [2.45, 2.75) is 26.5 Å². The minimum atomic E-state index is -0.904. The van der Waals surface area contributed by atoms with Crippen LogP contribution in [0.1, 0.15) is 18.1 Å². The second-order valence-electron chi connectivity index (χ2n) is 3.93. The number of hydrogen-bond acceptors (Lipinski definition) is 4. The van der Waals surface area contributed by atoms with E-state index in [1.807, 2.05) is 24.4 Å². The quantitative estimate of drug-likeness (QED) is 0.720. The molecule has 0 aliphatic rings. The molecule has 0 saturated carbocycles. The Morgan fingerprint density at radius 2 is 2.11 bits per heavy atom. The molecule has 0 radical (unpaired) electrons. The van der Waals surface area contributed by atoms with Crippen molar-refractivity contribution in [3.63, 3.8) is 0 Å². The smallest absolute Gasteiger partial charge is 0.318 e. The Hall–Kier alpha value is -2.08. The molecule has 0 bridgehead atoms. The molecule has 5 N–H and O–H groups in total. The monoisotopic (exact) mass is 251 g/mol. The van der Waals surface area contributed by atoms with Gasteiger partial charge in [-0.05, 0) is 19.9 Å². The average Bonchev–Trinajstić information content (AvgIpc) is 2.30. The number of carbonyl (C=O) groups is 2. The lowest BCUT2D eigenvalue weighted by Crippen LogP contribution is -2.42. The third kappa shape index (κ3) is 3.74. The molecule has 6 nitrogen and oxygen atoms in total. The highest BCUT2D eigenvalue weighted by molar-refractivity contribution is 5.95. The molecule has 3 amide bonds. The number of carbonyl (C=O) groups excluding carboxylic acids is 2. The Kier molecular flexibility index (Phi) is 4.67. The standard InChI is InChI=1S/C12H17N3O3/c1-7-3-4-10(9(5-7)6-13)18-8(2)11(16)15-12(14)17/h3-5,8H,6,13H2,1-2H3,(H3,14,15,16,17). The van der Waals surface area contributed by atoms with Crippen LogP contribution in [0.3, 0.4) is 0 Å². The van der Waals surface area contributed by atoms with Gasteiger partial charge in [-0.2, -0.15) is 0 Å². The Morgan fingerprint density at radius 3 is 2.67 bits per heavy atom. The average molecular weight is 251 g/mol. The van der Waals surface area contributed by atoms with Gasteiger partial charge in [0.1, 0.15) is 5.75 Å². The van der Waals surface area contributed by atoms with E-state index in [0.29, 0.717) is 12.3 Å². The number of urea groups is 1. The summed E-state index contributed by atoms with van der Waals surface area (Å²) in [4.78, 5) is 22.0. The van der Waals surface area contributed by atoms with Crippen molar-refractivity contribution in [1.82, 2.24) is 5.32 Å². The summed E-state index contributed by atoms with van der Waals surface area (Å²) in [5.41, 5.74) is 12.3. The van der Waals surface area contributed by atoms with E-state index in [9.17, 15) is 9.59 Å². The zero-order chi connectivity index (χ0) is 13.7. The SMILES string of the molecule is Cc1ccc(OC(C)C(=O)NC(N)=O)c(CN)c1. The van der Waals surface area contributed by atoms with Gasteiger partial charge in [0.2, 0.25) is 0 Å². The third-order valence-electron chi connectivity index (χ3n) is 2.36. The Bertz CT molecular complexity index is 460. The topological polar surface area (TPSA) is 107 Å². The Labute approximate surface area is 105 Å². The highest BCUT2D eigenvalue weighted by Crippen LogP contribution is 2.20. The van der Waals surface area contributed by atoms with Gasteiger partial charge in [-0.25, -0.2) is 4.79 Å². The minimum absolute atomic E-state index is 0.307. The predicted octanol–water partition coefficient (Wildman–Crippen LogP) is 0.416. The lowest BCUT2D eigenvalue weighted by atomic mass is 10.1. The zero-order valence-corrected chi connectivity index (χ0v) is 10.4. The van der Waals surface area contributed by atoms with Gasteiger partial charge < -0.3 is 16.2 Å². The summed E-state index contributed by atoms with van der Waals surface area (Å²) in [6.07, 6.45) is -0.828. The van der Waals surface area contributed by atoms with Gasteiger partial charge in [0.15, 0.2) is 6.10 Å². The van der Waals surface area contributed by atoms with Crippen LogP contribution in [0.25, 0.3) is 0 Å². The van der Waals surface area contributed by atoms with Crippen LogP contribution < -0.4 is 21.5 Å². The van der Waals surface area contributed by atoms with Crippen molar-refractivity contribution < 1.29 is 14.3 Å². The molecule has 0 aromatic heterocycles. The largest absolute Gasteiger partial charge is 0.481 e. The fourth-order valence-corrected chi connectivity index (χ4v) is 1.45. The van der Waals surface area contributed by atoms with E-state index in [-0.39, 0.29) is 0 Å². The first kappa shape index (κ1) is 14.0. The van der Waals surface area contributed by atoms with Gasteiger partial charge in [-0.1, -0.05) is 17.7 Å². The van der Waals surface area contributed by atoms with Crippen LogP contribution in [0.2, 0.25) is 0 Å². The van der Waals surface area contributed by atoms with Gasteiger partial charge in [0.05, 0.1) is 0 Å². The molecule has 1 rings (SSSR count). The number of benzene rings is 1. The predicted molar refractivity (Wildman–Crippen MR) is 66.9 cm³/mol. The second-order valence-corrected chi connectivity index (χ2v) is 3.93. The molecule has 1 atom stereocenters. The van der Waals surface area contributed by atoms with Crippen molar-refractivity contribution in [2.75, 3.05) is 0 Å². The summed E-state index contributed by atoms with van der Waals surface area (Å²) in [6.45, 7) is 3.77. The van der Waals surface area contributed by atoms with Crippen LogP contribution >= 0.6 is 0 Å². The number of amides is 3. The van der Waals surface area contributed by atoms with E-state index in [1.165, 1.54) is 6.92 Å². The summed E-state index contributed by atoms with van der Waals surface area (Å²) in [5, 5.41) is 1.96. The van der Waals surface area contributed by atoms with E-state index < -0.39 is 18.0 Å². The zero-order valence-electron chi connectivity index (χ0n) is 10.4. The molecule has 6 heteroatoms. The van der Waals surface area contributed by atoms with Gasteiger partial charge in [-0.3, -0.25) is 10.1 Å². The Morgan fingerprint density at radius 1 is 1.44 bits per heavy atom. The number of aryl methyl sites for hydroxylation is 1. The molecule has 0 spiro atoms. The van der Waals surface area contributed by atoms with Gasteiger partial charge in [-0.15, -0.1) is 0 Å². The normalized spacial score (nSPS) is 11.7. The molecule has 1 aromatic rings. The molecule has 0 fully saturated rings.